The highest BCUT2D eigenvalue weighted by Gasteiger charge is 2.12. The molecule has 0 spiro atoms. The Labute approximate surface area is 165 Å². The minimum Gasteiger partial charge on any atom is -0.326 e. The summed E-state index contributed by atoms with van der Waals surface area (Å²) < 4.78 is 0. The number of halogens is 1. The summed E-state index contributed by atoms with van der Waals surface area (Å²) in [5.74, 6) is -0.254. The van der Waals surface area contributed by atoms with Crippen molar-refractivity contribution < 1.29 is 9.59 Å². The number of rotatable bonds is 9. The highest BCUT2D eigenvalue weighted by atomic mass is 35.5. The number of hydrogen-bond acceptors (Lipinski definition) is 3. The molecule has 6 heteroatoms. The Morgan fingerprint density at radius 1 is 1.00 bits per heavy atom. The smallest absolute Gasteiger partial charge is 0.238 e. The largest absolute Gasteiger partial charge is 0.326 e. The van der Waals surface area contributed by atoms with Crippen LogP contribution in [0.4, 0.5) is 11.4 Å². The second-order valence-electron chi connectivity index (χ2n) is 6.29. The van der Waals surface area contributed by atoms with Crippen LogP contribution in [0.25, 0.3) is 0 Å². The fraction of sp³-hybridized carbons (Fsp3) is 0.333. The highest BCUT2D eigenvalue weighted by Crippen LogP contribution is 2.25. The van der Waals surface area contributed by atoms with Crippen molar-refractivity contribution >= 4 is 34.8 Å². The summed E-state index contributed by atoms with van der Waals surface area (Å²) in [6.45, 7) is 4.18. The summed E-state index contributed by atoms with van der Waals surface area (Å²) in [4.78, 5) is 24.1. The number of hydrogen-bond donors (Lipinski definition) is 3. The Kier molecular flexibility index (Phi) is 8.30. The molecule has 0 saturated heterocycles. The Morgan fingerprint density at radius 3 is 2.41 bits per heavy atom. The molecule has 3 N–H and O–H groups in total. The van der Waals surface area contributed by atoms with E-state index in [2.05, 4.69) is 22.9 Å². The van der Waals surface area contributed by atoms with Crippen LogP contribution in [0.2, 0.25) is 5.02 Å². The van der Waals surface area contributed by atoms with E-state index in [9.17, 15) is 9.59 Å². The van der Waals surface area contributed by atoms with E-state index in [1.54, 1.807) is 18.2 Å². The van der Waals surface area contributed by atoms with Crippen molar-refractivity contribution in [3.8, 4) is 0 Å². The van der Waals surface area contributed by atoms with Gasteiger partial charge in [0.05, 0.1) is 17.3 Å². The Morgan fingerprint density at radius 2 is 1.74 bits per heavy atom. The number of amides is 2. The van der Waals surface area contributed by atoms with Crippen molar-refractivity contribution in [3.05, 3.63) is 59.1 Å². The van der Waals surface area contributed by atoms with Crippen molar-refractivity contribution in [3.63, 3.8) is 0 Å². The maximum absolute atomic E-state index is 12.3. The number of carbonyl (C=O) groups is 2. The molecule has 0 aliphatic rings. The first-order valence-corrected chi connectivity index (χ1v) is 9.58. The van der Waals surface area contributed by atoms with Crippen LogP contribution in [0, 0.1) is 0 Å². The molecule has 2 rings (SSSR count). The van der Waals surface area contributed by atoms with Gasteiger partial charge in [0.1, 0.15) is 0 Å². The monoisotopic (exact) mass is 387 g/mol. The normalized spacial score (nSPS) is 11.7. The van der Waals surface area contributed by atoms with Crippen molar-refractivity contribution in [2.24, 2.45) is 0 Å². The summed E-state index contributed by atoms with van der Waals surface area (Å²) in [6, 6.07) is 15.2. The second kappa shape index (κ2) is 10.7. The third kappa shape index (κ3) is 6.70. The molecule has 2 aromatic carbocycles. The fourth-order valence-electron chi connectivity index (χ4n) is 2.74. The number of nitrogens with one attached hydrogen (secondary N) is 3. The van der Waals surface area contributed by atoms with Gasteiger partial charge in [-0.2, -0.15) is 0 Å². The summed E-state index contributed by atoms with van der Waals surface area (Å²) in [7, 11) is 0. The summed E-state index contributed by atoms with van der Waals surface area (Å²) >= 11 is 6.18. The molecular formula is C21H26ClN3O2. The molecule has 1 unspecified atom stereocenters. The minimum absolute atomic E-state index is 0.0626. The predicted octanol–water partition coefficient (Wildman–Crippen LogP) is 4.76. The average Bonchev–Trinajstić information content (AvgIpc) is 2.66. The lowest BCUT2D eigenvalue weighted by Gasteiger charge is -2.17. The van der Waals surface area contributed by atoms with Gasteiger partial charge in [0.15, 0.2) is 0 Å². The third-order valence-corrected chi connectivity index (χ3v) is 4.45. The van der Waals surface area contributed by atoms with Crippen molar-refractivity contribution in [1.82, 2.24) is 5.32 Å². The van der Waals surface area contributed by atoms with E-state index < -0.39 is 0 Å². The molecule has 0 saturated carbocycles. The first kappa shape index (κ1) is 20.9. The molecule has 0 aromatic heterocycles. The van der Waals surface area contributed by atoms with Gasteiger partial charge < -0.3 is 16.0 Å². The average molecular weight is 388 g/mol. The molecule has 1 atom stereocenters. The predicted molar refractivity (Wildman–Crippen MR) is 111 cm³/mol. The molecule has 0 fully saturated rings. The van der Waals surface area contributed by atoms with Crippen molar-refractivity contribution in [2.75, 3.05) is 17.2 Å². The molecule has 144 valence electrons. The summed E-state index contributed by atoms with van der Waals surface area (Å²) in [5.41, 5.74) is 2.23. The number of benzene rings is 2. The molecule has 2 aromatic rings. The van der Waals surface area contributed by atoms with Crippen LogP contribution in [-0.2, 0) is 9.59 Å². The van der Waals surface area contributed by atoms with Crippen molar-refractivity contribution in [2.45, 2.75) is 39.2 Å². The van der Waals surface area contributed by atoms with Gasteiger partial charge in [-0.1, -0.05) is 55.8 Å². The van der Waals surface area contributed by atoms with Gasteiger partial charge in [0.2, 0.25) is 11.8 Å². The van der Waals surface area contributed by atoms with Gasteiger partial charge in [0, 0.05) is 18.2 Å². The lowest BCUT2D eigenvalue weighted by molar-refractivity contribution is -0.116. The maximum atomic E-state index is 12.3. The lowest BCUT2D eigenvalue weighted by atomic mass is 10.0. The Hall–Kier alpha value is -2.37. The molecule has 27 heavy (non-hydrogen) atoms. The fourth-order valence-corrected chi connectivity index (χ4v) is 2.91. The van der Waals surface area contributed by atoms with Crippen LogP contribution in [0.15, 0.2) is 48.5 Å². The van der Waals surface area contributed by atoms with Gasteiger partial charge >= 0.3 is 0 Å². The standard InChI is InChI=1S/C21H26ClN3O2/c1-3-8-20(26)24-16-11-12-17(22)19(13-16)25-21(27)14-23-18(4-2)15-9-6-5-7-10-15/h5-7,9-13,18,23H,3-4,8,14H2,1-2H3,(H,24,26)(H,25,27). The molecular weight excluding hydrogens is 362 g/mol. The molecule has 0 aliphatic carbocycles. The van der Waals surface area contributed by atoms with Crippen LogP contribution in [0.5, 0.6) is 0 Å². The van der Waals surface area contributed by atoms with E-state index in [0.717, 1.165) is 18.4 Å². The van der Waals surface area contributed by atoms with Gasteiger partial charge in [-0.3, -0.25) is 9.59 Å². The van der Waals surface area contributed by atoms with Crippen molar-refractivity contribution in [1.29, 1.82) is 0 Å². The molecule has 0 radical (unpaired) electrons. The van der Waals surface area contributed by atoms with Gasteiger partial charge in [0.25, 0.3) is 0 Å². The molecule has 0 bridgehead atoms. The summed E-state index contributed by atoms with van der Waals surface area (Å²) in [6.07, 6.45) is 2.10. The molecule has 0 heterocycles. The second-order valence-corrected chi connectivity index (χ2v) is 6.70. The van der Waals surface area contributed by atoms with Crippen LogP contribution in [-0.4, -0.2) is 18.4 Å². The van der Waals surface area contributed by atoms with Crippen LogP contribution in [0.1, 0.15) is 44.7 Å². The van der Waals surface area contributed by atoms with E-state index >= 15 is 0 Å². The van der Waals surface area contributed by atoms with Crippen LogP contribution in [0.3, 0.4) is 0 Å². The highest BCUT2D eigenvalue weighted by molar-refractivity contribution is 6.33. The quantitative estimate of drug-likeness (QED) is 0.581. The number of anilines is 2. The van der Waals surface area contributed by atoms with E-state index in [-0.39, 0.29) is 24.4 Å². The van der Waals surface area contributed by atoms with E-state index in [1.807, 2.05) is 37.3 Å². The lowest BCUT2D eigenvalue weighted by Crippen LogP contribution is -2.31. The Bertz CT molecular complexity index is 765. The first-order valence-electron chi connectivity index (χ1n) is 9.21. The van der Waals surface area contributed by atoms with Gasteiger partial charge in [-0.25, -0.2) is 0 Å². The SMILES string of the molecule is CCCC(=O)Nc1ccc(Cl)c(NC(=O)CNC(CC)c2ccccc2)c1. The zero-order chi connectivity index (χ0) is 19.6. The maximum Gasteiger partial charge on any atom is 0.238 e. The van der Waals surface area contributed by atoms with E-state index in [4.69, 9.17) is 11.6 Å². The zero-order valence-corrected chi connectivity index (χ0v) is 16.5. The van der Waals surface area contributed by atoms with Crippen LogP contribution < -0.4 is 16.0 Å². The zero-order valence-electron chi connectivity index (χ0n) is 15.7. The minimum atomic E-state index is -0.191. The number of carbonyl (C=O) groups excluding carboxylic acids is 2. The third-order valence-electron chi connectivity index (χ3n) is 4.12. The molecule has 2 amide bonds. The van der Waals surface area contributed by atoms with Gasteiger partial charge in [-0.15, -0.1) is 0 Å². The Balaban J connectivity index is 1.95. The first-order chi connectivity index (χ1) is 13.0. The summed E-state index contributed by atoms with van der Waals surface area (Å²) in [5, 5.41) is 9.29. The van der Waals surface area contributed by atoms with Crippen LogP contribution >= 0.6 is 11.6 Å². The van der Waals surface area contributed by atoms with E-state index in [0.29, 0.717) is 22.8 Å². The molecule has 0 aliphatic heterocycles. The topological polar surface area (TPSA) is 70.2 Å². The molecule has 5 nitrogen and oxygen atoms in total. The van der Waals surface area contributed by atoms with Gasteiger partial charge in [-0.05, 0) is 36.6 Å². The van der Waals surface area contributed by atoms with E-state index in [1.165, 1.54) is 0 Å².